The molecule has 0 aliphatic rings. The minimum Gasteiger partial charge on any atom is -0.298 e. The Balaban J connectivity index is 0.000000810. The number of hydrogen-bond donors (Lipinski definition) is 1. The molecule has 0 saturated heterocycles. The van der Waals surface area contributed by atoms with E-state index in [-0.39, 0.29) is 29.6 Å². The van der Waals surface area contributed by atoms with Gasteiger partial charge in [0.05, 0.1) is 0 Å². The Morgan fingerprint density at radius 1 is 1.20 bits per heavy atom. The van der Waals surface area contributed by atoms with Gasteiger partial charge >= 0.3 is 0 Å². The molecule has 1 radical (unpaired) electrons. The second-order valence-corrected chi connectivity index (χ2v) is 2.23. The average molecular weight is 161 g/mol. The van der Waals surface area contributed by atoms with Gasteiger partial charge in [-0.2, -0.15) is 0 Å². The molecule has 1 aromatic carbocycles. The van der Waals surface area contributed by atoms with Gasteiger partial charge in [0.15, 0.2) is 0 Å². The van der Waals surface area contributed by atoms with Crippen LogP contribution in [-0.2, 0) is 0 Å². The number of hydrogen-bond acceptors (Lipinski definition) is 2. The van der Waals surface area contributed by atoms with Crippen molar-refractivity contribution in [3.8, 4) is 0 Å². The van der Waals surface area contributed by atoms with Crippen molar-refractivity contribution in [1.29, 1.82) is 0 Å². The van der Waals surface area contributed by atoms with Gasteiger partial charge in [0.1, 0.15) is 6.29 Å². The van der Waals surface area contributed by atoms with Crippen molar-refractivity contribution in [1.82, 2.24) is 0 Å². The summed E-state index contributed by atoms with van der Waals surface area (Å²) in [6, 6.07) is 7.03. The predicted molar refractivity (Wildman–Crippen MR) is 44.8 cm³/mol. The fraction of sp³-hybridized carbons (Fsp3) is 0. The molecule has 0 heterocycles. The number of benzene rings is 1. The van der Waals surface area contributed by atoms with E-state index in [9.17, 15) is 4.79 Å². The summed E-state index contributed by atoms with van der Waals surface area (Å²) >= 11 is 4.05. The molecule has 10 heavy (non-hydrogen) atoms. The summed E-state index contributed by atoms with van der Waals surface area (Å²) in [6.07, 6.45) is 0.813. The van der Waals surface area contributed by atoms with Crippen LogP contribution in [0.5, 0.6) is 0 Å². The number of thiol groups is 1. The van der Waals surface area contributed by atoms with Crippen LogP contribution >= 0.6 is 12.6 Å². The molecule has 0 aliphatic carbocycles. The second-order valence-electron chi connectivity index (χ2n) is 1.71. The number of carbonyl (C=O) groups is 1. The first kappa shape index (κ1) is 10.2. The molecule has 0 fully saturated rings. The van der Waals surface area contributed by atoms with E-state index in [1.165, 1.54) is 0 Å². The Labute approximate surface area is 87.5 Å². The Kier molecular flexibility index (Phi) is 5.09. The molecule has 0 bridgehead atoms. The van der Waals surface area contributed by atoms with Gasteiger partial charge in [-0.15, -0.1) is 12.6 Å². The van der Waals surface area contributed by atoms with Crippen LogP contribution in [0.25, 0.3) is 0 Å². The molecule has 0 amide bonds. The maximum atomic E-state index is 10.1. The first-order chi connectivity index (χ1) is 4.33. The quantitative estimate of drug-likeness (QED) is 0.374. The van der Waals surface area contributed by atoms with E-state index >= 15 is 0 Å². The molecule has 0 unspecified atom stereocenters. The minimum atomic E-state index is 0. The standard InChI is InChI=1S/C7H6OS.Na/c8-5-6-1-3-7(9)4-2-6;/h1-5,9H;. The monoisotopic (exact) mass is 161 g/mol. The normalized spacial score (nSPS) is 8.10. The molecule has 3 heteroatoms. The van der Waals surface area contributed by atoms with Crippen molar-refractivity contribution in [3.05, 3.63) is 29.8 Å². The van der Waals surface area contributed by atoms with Gasteiger partial charge in [-0.05, 0) is 12.1 Å². The fourth-order valence-electron chi connectivity index (χ4n) is 0.553. The van der Waals surface area contributed by atoms with Crippen LogP contribution in [-0.4, -0.2) is 35.8 Å². The van der Waals surface area contributed by atoms with E-state index in [1.807, 2.05) is 0 Å². The van der Waals surface area contributed by atoms with Crippen LogP contribution in [0.1, 0.15) is 10.4 Å². The third-order valence-corrected chi connectivity index (χ3v) is 1.33. The maximum Gasteiger partial charge on any atom is 0.150 e. The van der Waals surface area contributed by atoms with E-state index in [2.05, 4.69) is 12.6 Å². The van der Waals surface area contributed by atoms with Crippen LogP contribution in [0.15, 0.2) is 29.2 Å². The zero-order valence-electron chi connectivity index (χ0n) is 5.74. The summed E-state index contributed by atoms with van der Waals surface area (Å²) < 4.78 is 0. The number of aldehydes is 1. The predicted octanol–water partition coefficient (Wildman–Crippen LogP) is 1.41. The van der Waals surface area contributed by atoms with Crippen LogP contribution in [0.4, 0.5) is 0 Å². The molecule has 0 N–H and O–H groups in total. The zero-order chi connectivity index (χ0) is 6.69. The van der Waals surface area contributed by atoms with E-state index in [4.69, 9.17) is 0 Å². The Morgan fingerprint density at radius 2 is 1.70 bits per heavy atom. The molecule has 0 saturated carbocycles. The van der Waals surface area contributed by atoms with Crippen LogP contribution in [0.3, 0.4) is 0 Å². The van der Waals surface area contributed by atoms with Crippen LogP contribution < -0.4 is 0 Å². The molecule has 47 valence electrons. The van der Waals surface area contributed by atoms with Crippen LogP contribution in [0.2, 0.25) is 0 Å². The van der Waals surface area contributed by atoms with Crippen molar-refractivity contribution < 1.29 is 4.79 Å². The van der Waals surface area contributed by atoms with Crippen molar-refractivity contribution >= 4 is 48.5 Å². The SMILES string of the molecule is O=Cc1ccc(S)cc1.[Na]. The Morgan fingerprint density at radius 3 is 2.10 bits per heavy atom. The average Bonchev–Trinajstić information content (AvgIpc) is 1.90. The molecular weight excluding hydrogens is 155 g/mol. The van der Waals surface area contributed by atoms with Gasteiger partial charge in [0.2, 0.25) is 0 Å². The molecular formula is C7H6NaOS. The number of rotatable bonds is 1. The summed E-state index contributed by atoms with van der Waals surface area (Å²) in [4.78, 5) is 11.0. The third kappa shape index (κ3) is 2.88. The Bertz CT molecular complexity index is 207. The van der Waals surface area contributed by atoms with E-state index in [0.29, 0.717) is 5.56 Å². The summed E-state index contributed by atoms with van der Waals surface area (Å²) in [7, 11) is 0. The summed E-state index contributed by atoms with van der Waals surface area (Å²) in [5.74, 6) is 0. The van der Waals surface area contributed by atoms with Gasteiger partial charge in [-0.3, -0.25) is 4.79 Å². The molecule has 1 nitrogen and oxygen atoms in total. The Hall–Kier alpha value is 0.240. The molecule has 0 atom stereocenters. The van der Waals surface area contributed by atoms with E-state index in [1.54, 1.807) is 24.3 Å². The molecule has 0 spiro atoms. The number of carbonyl (C=O) groups excluding carboxylic acids is 1. The van der Waals surface area contributed by atoms with Crippen molar-refractivity contribution in [2.75, 3.05) is 0 Å². The first-order valence-electron chi connectivity index (χ1n) is 2.57. The molecule has 0 aromatic heterocycles. The zero-order valence-corrected chi connectivity index (χ0v) is 8.64. The second kappa shape index (κ2) is 4.97. The van der Waals surface area contributed by atoms with Gasteiger partial charge in [-0.1, -0.05) is 12.1 Å². The smallest absolute Gasteiger partial charge is 0.150 e. The van der Waals surface area contributed by atoms with Crippen LogP contribution in [0, 0.1) is 0 Å². The molecule has 1 aromatic rings. The molecule has 1 rings (SSSR count). The van der Waals surface area contributed by atoms with Gasteiger partial charge in [-0.25, -0.2) is 0 Å². The summed E-state index contributed by atoms with van der Waals surface area (Å²) in [5.41, 5.74) is 0.688. The van der Waals surface area contributed by atoms with E-state index < -0.39 is 0 Å². The van der Waals surface area contributed by atoms with Crippen molar-refractivity contribution in [3.63, 3.8) is 0 Å². The van der Waals surface area contributed by atoms with E-state index in [0.717, 1.165) is 11.2 Å². The summed E-state index contributed by atoms with van der Waals surface area (Å²) in [6.45, 7) is 0. The minimum absolute atomic E-state index is 0. The van der Waals surface area contributed by atoms with Gasteiger partial charge < -0.3 is 0 Å². The molecule has 0 aliphatic heterocycles. The van der Waals surface area contributed by atoms with Gasteiger partial charge in [0.25, 0.3) is 0 Å². The third-order valence-electron chi connectivity index (χ3n) is 1.03. The fourth-order valence-corrected chi connectivity index (χ4v) is 0.702. The summed E-state index contributed by atoms with van der Waals surface area (Å²) in [5, 5.41) is 0. The van der Waals surface area contributed by atoms with Gasteiger partial charge in [0, 0.05) is 40.0 Å². The topological polar surface area (TPSA) is 17.1 Å². The van der Waals surface area contributed by atoms with Crippen molar-refractivity contribution in [2.45, 2.75) is 4.90 Å². The maximum absolute atomic E-state index is 10.1. The first-order valence-corrected chi connectivity index (χ1v) is 3.02. The largest absolute Gasteiger partial charge is 0.298 e. The van der Waals surface area contributed by atoms with Crippen molar-refractivity contribution in [2.24, 2.45) is 0 Å².